The zero-order valence-corrected chi connectivity index (χ0v) is 21.2. The van der Waals surface area contributed by atoms with Gasteiger partial charge < -0.3 is 15.7 Å². The summed E-state index contributed by atoms with van der Waals surface area (Å²) in [6, 6.07) is 7.85. The smallest absolute Gasteiger partial charge is 0.334 e. The minimum atomic E-state index is -0.930. The SMILES string of the molecule is CCN1C(=O)N(c2c(F)cc(N[C@@H](C)CNCCO)cc2F)c2cc(Cl)ccc2-c2cc(Cl)cnc21. The van der Waals surface area contributed by atoms with Crippen LogP contribution in [-0.4, -0.2) is 48.4 Å². The van der Waals surface area contributed by atoms with E-state index in [0.717, 1.165) is 17.0 Å². The molecule has 4 rings (SSSR count). The number of halogens is 4. The molecule has 3 N–H and O–H groups in total. The maximum absolute atomic E-state index is 15.6. The number of anilines is 4. The number of carbonyl (C=O) groups excluding carboxylic acids is 1. The summed E-state index contributed by atoms with van der Waals surface area (Å²) in [5.41, 5.74) is 0.921. The number of nitrogens with one attached hydrogen (secondary N) is 2. The van der Waals surface area contributed by atoms with Gasteiger partial charge in [-0.15, -0.1) is 0 Å². The van der Waals surface area contributed by atoms with Crippen LogP contribution < -0.4 is 20.4 Å². The lowest BCUT2D eigenvalue weighted by Crippen LogP contribution is -2.41. The summed E-state index contributed by atoms with van der Waals surface area (Å²) in [5.74, 6) is -1.54. The molecule has 1 aliphatic rings. The van der Waals surface area contributed by atoms with E-state index < -0.39 is 23.4 Å². The molecule has 2 aromatic carbocycles. The first-order valence-corrected chi connectivity index (χ1v) is 12.1. The zero-order chi connectivity index (χ0) is 26.0. The normalized spacial score (nSPS) is 13.8. The number of fused-ring (bicyclic) bond motifs is 3. The molecule has 0 aliphatic carbocycles. The second-order valence-electron chi connectivity index (χ2n) is 8.31. The first-order valence-electron chi connectivity index (χ1n) is 11.4. The number of pyridine rings is 1. The largest absolute Gasteiger partial charge is 0.395 e. The molecule has 2 amide bonds. The van der Waals surface area contributed by atoms with Crippen LogP contribution in [0, 0.1) is 11.6 Å². The van der Waals surface area contributed by atoms with Gasteiger partial charge in [-0.25, -0.2) is 18.6 Å². The highest BCUT2D eigenvalue weighted by atomic mass is 35.5. The highest BCUT2D eigenvalue weighted by Crippen LogP contribution is 2.46. The molecule has 0 fully saturated rings. The maximum atomic E-state index is 15.6. The summed E-state index contributed by atoms with van der Waals surface area (Å²) in [6.07, 6.45) is 1.42. The van der Waals surface area contributed by atoms with Crippen LogP contribution in [0.4, 0.5) is 36.5 Å². The first-order chi connectivity index (χ1) is 17.2. The average Bonchev–Trinajstić information content (AvgIpc) is 2.91. The van der Waals surface area contributed by atoms with Gasteiger partial charge in [0.25, 0.3) is 0 Å². The fourth-order valence-electron chi connectivity index (χ4n) is 4.17. The third kappa shape index (κ3) is 5.10. The molecule has 1 atom stereocenters. The van der Waals surface area contributed by atoms with Crippen molar-refractivity contribution in [3.05, 3.63) is 64.3 Å². The topological polar surface area (TPSA) is 80.7 Å². The van der Waals surface area contributed by atoms with Crippen molar-refractivity contribution in [1.29, 1.82) is 0 Å². The van der Waals surface area contributed by atoms with Crippen LogP contribution in [0.3, 0.4) is 0 Å². The zero-order valence-electron chi connectivity index (χ0n) is 19.7. The number of carbonyl (C=O) groups is 1. The highest BCUT2D eigenvalue weighted by molar-refractivity contribution is 6.32. The van der Waals surface area contributed by atoms with Crippen LogP contribution in [0.2, 0.25) is 10.0 Å². The number of rotatable bonds is 8. The fourth-order valence-corrected chi connectivity index (χ4v) is 4.50. The van der Waals surface area contributed by atoms with Gasteiger partial charge in [-0.1, -0.05) is 29.3 Å². The van der Waals surface area contributed by atoms with E-state index in [2.05, 4.69) is 15.6 Å². The van der Waals surface area contributed by atoms with Crippen LogP contribution in [0.25, 0.3) is 11.1 Å². The molecule has 0 saturated carbocycles. The lowest BCUT2D eigenvalue weighted by Gasteiger charge is -2.28. The Balaban J connectivity index is 1.82. The molecule has 1 aromatic heterocycles. The van der Waals surface area contributed by atoms with Crippen molar-refractivity contribution >= 4 is 52.1 Å². The van der Waals surface area contributed by atoms with Gasteiger partial charge in [0.15, 0.2) is 11.6 Å². The van der Waals surface area contributed by atoms with Crippen molar-refractivity contribution in [2.45, 2.75) is 19.9 Å². The number of nitrogens with zero attached hydrogens (tertiary/aromatic N) is 3. The Bertz CT molecular complexity index is 1270. The number of hydrogen-bond acceptors (Lipinski definition) is 5. The van der Waals surface area contributed by atoms with Crippen molar-refractivity contribution in [2.75, 3.05) is 41.4 Å². The third-order valence-corrected chi connectivity index (χ3v) is 6.15. The summed E-state index contributed by atoms with van der Waals surface area (Å²) < 4.78 is 31.1. The van der Waals surface area contributed by atoms with Gasteiger partial charge in [-0.05, 0) is 44.2 Å². The molecule has 36 heavy (non-hydrogen) atoms. The second-order valence-corrected chi connectivity index (χ2v) is 9.18. The Morgan fingerprint density at radius 3 is 2.47 bits per heavy atom. The van der Waals surface area contributed by atoms with Crippen molar-refractivity contribution in [3.63, 3.8) is 0 Å². The van der Waals surface area contributed by atoms with Gasteiger partial charge in [0.1, 0.15) is 11.5 Å². The van der Waals surface area contributed by atoms with E-state index in [0.29, 0.717) is 35.1 Å². The van der Waals surface area contributed by atoms with Crippen LogP contribution in [0.5, 0.6) is 0 Å². The monoisotopic (exact) mass is 535 g/mol. The van der Waals surface area contributed by atoms with Crippen molar-refractivity contribution in [3.8, 4) is 11.1 Å². The molecule has 3 aromatic rings. The van der Waals surface area contributed by atoms with Gasteiger partial charge in [0.05, 0.1) is 17.3 Å². The highest BCUT2D eigenvalue weighted by Gasteiger charge is 2.36. The van der Waals surface area contributed by atoms with Gasteiger partial charge >= 0.3 is 6.03 Å². The Labute approximate surface area is 217 Å². The minimum Gasteiger partial charge on any atom is -0.395 e. The van der Waals surface area contributed by atoms with Crippen LogP contribution in [-0.2, 0) is 0 Å². The van der Waals surface area contributed by atoms with E-state index in [4.69, 9.17) is 28.3 Å². The number of aliphatic hydroxyl groups is 1. The molecule has 190 valence electrons. The Hall–Kier alpha value is -2.98. The number of benzene rings is 2. The summed E-state index contributed by atoms with van der Waals surface area (Å²) >= 11 is 12.5. The molecule has 0 spiro atoms. The second kappa shape index (κ2) is 11.0. The summed E-state index contributed by atoms with van der Waals surface area (Å²) in [7, 11) is 0. The van der Waals surface area contributed by atoms with Crippen LogP contribution in [0.15, 0.2) is 42.6 Å². The van der Waals surface area contributed by atoms with E-state index in [1.165, 1.54) is 17.2 Å². The van der Waals surface area contributed by atoms with E-state index in [-0.39, 0.29) is 35.6 Å². The molecular weight excluding hydrogens is 511 g/mol. The minimum absolute atomic E-state index is 0.0135. The Kier molecular flexibility index (Phi) is 7.94. The van der Waals surface area contributed by atoms with Gasteiger partial charge in [-0.2, -0.15) is 0 Å². The quantitative estimate of drug-likeness (QED) is 0.317. The summed E-state index contributed by atoms with van der Waals surface area (Å²) in [4.78, 5) is 20.4. The van der Waals surface area contributed by atoms with Crippen molar-refractivity contribution < 1.29 is 18.7 Å². The molecule has 0 bridgehead atoms. The molecule has 0 radical (unpaired) electrons. The number of aromatic nitrogens is 1. The molecule has 2 heterocycles. The number of hydrogen-bond donors (Lipinski definition) is 3. The van der Waals surface area contributed by atoms with Crippen LogP contribution in [0.1, 0.15) is 13.8 Å². The number of amides is 2. The van der Waals surface area contributed by atoms with Crippen molar-refractivity contribution in [2.24, 2.45) is 0 Å². The van der Waals surface area contributed by atoms with E-state index >= 15 is 8.78 Å². The molecule has 0 saturated heterocycles. The lowest BCUT2D eigenvalue weighted by molar-refractivity contribution is 0.253. The molecule has 11 heteroatoms. The lowest BCUT2D eigenvalue weighted by atomic mass is 10.0. The van der Waals surface area contributed by atoms with Crippen LogP contribution >= 0.6 is 23.2 Å². The van der Waals surface area contributed by atoms with Gasteiger partial charge in [0.2, 0.25) is 0 Å². The van der Waals surface area contributed by atoms with E-state index in [9.17, 15) is 4.79 Å². The average molecular weight is 536 g/mol. The van der Waals surface area contributed by atoms with E-state index in [1.54, 1.807) is 25.1 Å². The first kappa shape index (κ1) is 26.1. The number of aliphatic hydroxyl groups excluding tert-OH is 1. The Morgan fingerprint density at radius 2 is 1.81 bits per heavy atom. The standard InChI is InChI=1S/C25H25Cl2F2N5O2/c1-3-33-24-19(8-16(27)13-31-24)18-5-4-15(26)9-22(18)34(25(33)36)23-20(28)10-17(11-21(23)29)32-14(2)12-30-6-7-35/h4-5,8-11,13-14,30,32,35H,3,6-7,12H2,1-2H3/t14-/m0/s1. The molecule has 7 nitrogen and oxygen atoms in total. The third-order valence-electron chi connectivity index (χ3n) is 5.71. The van der Waals surface area contributed by atoms with Gasteiger partial charge in [0, 0.05) is 53.7 Å². The fraction of sp³-hybridized carbons (Fsp3) is 0.280. The Morgan fingerprint density at radius 1 is 1.08 bits per heavy atom. The predicted octanol–water partition coefficient (Wildman–Crippen LogP) is 5.81. The van der Waals surface area contributed by atoms with Crippen molar-refractivity contribution in [1.82, 2.24) is 10.3 Å². The number of urea groups is 1. The summed E-state index contributed by atoms with van der Waals surface area (Å²) in [5, 5.41) is 15.6. The molecule has 1 aliphatic heterocycles. The van der Waals surface area contributed by atoms with E-state index in [1.807, 2.05) is 6.92 Å². The summed E-state index contributed by atoms with van der Waals surface area (Å²) in [6.45, 7) is 4.63. The van der Waals surface area contributed by atoms with Gasteiger partial charge in [-0.3, -0.25) is 9.80 Å². The predicted molar refractivity (Wildman–Crippen MR) is 140 cm³/mol. The molecular formula is C25H25Cl2F2N5O2. The maximum Gasteiger partial charge on any atom is 0.334 e. The molecule has 0 unspecified atom stereocenters.